The van der Waals surface area contributed by atoms with Crippen molar-refractivity contribution in [3.63, 3.8) is 0 Å². The molecule has 3 amide bonds. The highest BCUT2D eigenvalue weighted by Crippen LogP contribution is 2.35. The molecule has 0 aliphatic carbocycles. The van der Waals surface area contributed by atoms with Crippen molar-refractivity contribution in [3.05, 3.63) is 52.8 Å². The lowest BCUT2D eigenvalue weighted by molar-refractivity contribution is -0.149. The Balaban J connectivity index is 1.47. The van der Waals surface area contributed by atoms with Gasteiger partial charge in [0.1, 0.15) is 11.6 Å². The molecule has 3 N–H and O–H groups in total. The number of hydrogen-bond donors (Lipinski definition) is 3. The number of hydrogen-bond acceptors (Lipinski definition) is 5. The zero-order valence-corrected chi connectivity index (χ0v) is 16.3. The van der Waals surface area contributed by atoms with Crippen molar-refractivity contribution in [2.24, 2.45) is 0 Å². The van der Waals surface area contributed by atoms with Crippen molar-refractivity contribution in [3.8, 4) is 5.75 Å². The van der Waals surface area contributed by atoms with Crippen molar-refractivity contribution < 1.29 is 28.6 Å². The van der Waals surface area contributed by atoms with Gasteiger partial charge in [-0.05, 0) is 35.9 Å². The molecule has 1 fully saturated rings. The lowest BCUT2D eigenvalue weighted by Crippen LogP contribution is -2.52. The molecule has 0 aromatic heterocycles. The van der Waals surface area contributed by atoms with Crippen LogP contribution in [0.4, 0.5) is 15.8 Å². The van der Waals surface area contributed by atoms with Crippen LogP contribution in [0, 0.1) is 5.82 Å². The Bertz CT molecular complexity index is 1040. The fourth-order valence-corrected chi connectivity index (χ4v) is 3.68. The summed E-state index contributed by atoms with van der Waals surface area (Å²) in [5.74, 6) is -2.10. The molecule has 156 valence electrons. The number of amides is 3. The molecule has 8 nitrogen and oxygen atoms in total. The van der Waals surface area contributed by atoms with Gasteiger partial charge in [-0.1, -0.05) is 11.6 Å². The Morgan fingerprint density at radius 3 is 2.87 bits per heavy atom. The Hall–Kier alpha value is -3.17. The van der Waals surface area contributed by atoms with Crippen LogP contribution < -0.4 is 20.3 Å². The first-order valence-corrected chi connectivity index (χ1v) is 9.48. The van der Waals surface area contributed by atoms with Gasteiger partial charge in [0, 0.05) is 36.3 Å². The maximum atomic E-state index is 13.4. The molecule has 0 radical (unpaired) electrons. The lowest BCUT2D eigenvalue weighted by Gasteiger charge is -2.24. The van der Waals surface area contributed by atoms with Crippen LogP contribution in [-0.4, -0.2) is 41.6 Å². The van der Waals surface area contributed by atoms with Crippen molar-refractivity contribution in [2.75, 3.05) is 23.4 Å². The molecule has 0 saturated carbocycles. The largest absolute Gasteiger partial charge is 0.482 e. The summed E-state index contributed by atoms with van der Waals surface area (Å²) in [6.45, 7) is -0.126. The van der Waals surface area contributed by atoms with Crippen LogP contribution >= 0.6 is 11.6 Å². The molecule has 2 aliphatic rings. The summed E-state index contributed by atoms with van der Waals surface area (Å²) in [4.78, 5) is 38.0. The van der Waals surface area contributed by atoms with Crippen LogP contribution in [0.25, 0.3) is 0 Å². The van der Waals surface area contributed by atoms with Crippen LogP contribution in [0.15, 0.2) is 36.4 Å². The van der Waals surface area contributed by atoms with E-state index in [1.54, 1.807) is 18.2 Å². The molecule has 2 aromatic rings. The first kappa shape index (κ1) is 20.1. The predicted octanol–water partition coefficient (Wildman–Crippen LogP) is 1.59. The first-order chi connectivity index (χ1) is 14.3. The maximum Gasteiger partial charge on any atom is 0.268 e. The molecule has 1 atom stereocenters. The monoisotopic (exact) mass is 433 g/mol. The highest BCUT2D eigenvalue weighted by Gasteiger charge is 2.51. The fourth-order valence-electron chi connectivity index (χ4n) is 3.44. The Labute approximate surface area is 175 Å². The fraction of sp³-hybridized carbons (Fsp3) is 0.250. The summed E-state index contributed by atoms with van der Waals surface area (Å²) in [5, 5.41) is 16.0. The minimum atomic E-state index is -2.25. The number of nitrogens with zero attached hydrogens (tertiary/aromatic N) is 1. The maximum absolute atomic E-state index is 13.4. The molecular formula is C20H17ClFN3O5. The first-order valence-electron chi connectivity index (χ1n) is 9.10. The molecule has 2 aromatic carbocycles. The zero-order valence-electron chi connectivity index (χ0n) is 15.6. The normalized spacial score (nSPS) is 20.4. The average Bonchev–Trinajstić information content (AvgIpc) is 3.01. The van der Waals surface area contributed by atoms with E-state index < -0.39 is 23.2 Å². The van der Waals surface area contributed by atoms with E-state index in [4.69, 9.17) is 16.3 Å². The molecule has 2 heterocycles. The third kappa shape index (κ3) is 3.69. The molecule has 0 unspecified atom stereocenters. The Kier molecular flexibility index (Phi) is 5.08. The summed E-state index contributed by atoms with van der Waals surface area (Å²) >= 11 is 5.79. The van der Waals surface area contributed by atoms with Crippen LogP contribution in [0.5, 0.6) is 5.75 Å². The van der Waals surface area contributed by atoms with E-state index in [-0.39, 0.29) is 37.0 Å². The van der Waals surface area contributed by atoms with Crippen molar-refractivity contribution in [1.29, 1.82) is 0 Å². The van der Waals surface area contributed by atoms with Crippen LogP contribution in [0.1, 0.15) is 12.0 Å². The van der Waals surface area contributed by atoms with E-state index in [0.717, 1.165) is 6.07 Å². The molecule has 2 aliphatic heterocycles. The van der Waals surface area contributed by atoms with Gasteiger partial charge in [0.05, 0.1) is 5.69 Å². The molecular weight excluding hydrogens is 417 g/mol. The van der Waals surface area contributed by atoms with Crippen molar-refractivity contribution in [2.45, 2.75) is 18.6 Å². The molecule has 0 bridgehead atoms. The molecule has 1 saturated heterocycles. The van der Waals surface area contributed by atoms with Crippen molar-refractivity contribution in [1.82, 2.24) is 5.32 Å². The Morgan fingerprint density at radius 2 is 2.10 bits per heavy atom. The molecule has 30 heavy (non-hydrogen) atoms. The van der Waals surface area contributed by atoms with Gasteiger partial charge in [0.15, 0.2) is 6.61 Å². The Morgan fingerprint density at radius 1 is 1.30 bits per heavy atom. The number of nitrogens with one attached hydrogen (secondary N) is 2. The average molecular weight is 434 g/mol. The highest BCUT2D eigenvalue weighted by atomic mass is 35.5. The van der Waals surface area contributed by atoms with Gasteiger partial charge in [-0.2, -0.15) is 0 Å². The topological polar surface area (TPSA) is 108 Å². The standard InChI is InChI=1S/C20H17ClFN3O5/c21-12-5-11(6-13(22)7-12)9-23-18(27)20(29)3-4-25(19(20)28)14-1-2-15-16(8-14)30-10-17(26)24-15/h1-2,5-8,29H,3-4,9-10H2,(H,23,27)(H,24,26)/t20-/m0/s1. The second-order valence-electron chi connectivity index (χ2n) is 7.04. The quantitative estimate of drug-likeness (QED) is 0.635. The molecule has 4 rings (SSSR count). The number of rotatable bonds is 4. The summed E-state index contributed by atoms with van der Waals surface area (Å²) in [6, 6.07) is 8.54. The van der Waals surface area contributed by atoms with E-state index in [0.29, 0.717) is 22.7 Å². The third-order valence-electron chi connectivity index (χ3n) is 4.96. The van der Waals surface area contributed by atoms with E-state index in [1.165, 1.54) is 17.0 Å². The number of fused-ring (bicyclic) bond motifs is 1. The number of ether oxygens (including phenoxy) is 1. The number of halogens is 2. The van der Waals surface area contributed by atoms with E-state index >= 15 is 0 Å². The van der Waals surface area contributed by atoms with E-state index in [2.05, 4.69) is 10.6 Å². The molecule has 0 spiro atoms. The van der Waals surface area contributed by atoms with Gasteiger partial charge < -0.3 is 25.4 Å². The van der Waals surface area contributed by atoms with Crippen molar-refractivity contribution >= 4 is 40.7 Å². The zero-order chi connectivity index (χ0) is 21.5. The van der Waals surface area contributed by atoms with E-state index in [1.807, 2.05) is 0 Å². The van der Waals surface area contributed by atoms with Gasteiger partial charge in [-0.3, -0.25) is 14.4 Å². The predicted molar refractivity (Wildman–Crippen MR) is 106 cm³/mol. The number of carbonyl (C=O) groups excluding carboxylic acids is 3. The number of aliphatic hydroxyl groups is 1. The smallest absolute Gasteiger partial charge is 0.268 e. The minimum absolute atomic E-state index is 0.0989. The second kappa shape index (κ2) is 7.58. The summed E-state index contributed by atoms with van der Waals surface area (Å²) in [5.41, 5.74) is -0.950. The lowest BCUT2D eigenvalue weighted by atomic mass is 10.0. The van der Waals surface area contributed by atoms with Gasteiger partial charge in [0.25, 0.3) is 17.7 Å². The van der Waals surface area contributed by atoms with Crippen LogP contribution in [0.3, 0.4) is 0 Å². The number of anilines is 2. The number of carbonyl (C=O) groups is 3. The summed E-state index contributed by atoms with van der Waals surface area (Å²) in [6.07, 6.45) is -0.115. The molecule has 10 heteroatoms. The van der Waals surface area contributed by atoms with E-state index in [9.17, 15) is 23.9 Å². The second-order valence-corrected chi connectivity index (χ2v) is 7.48. The third-order valence-corrected chi connectivity index (χ3v) is 5.18. The minimum Gasteiger partial charge on any atom is -0.482 e. The van der Waals surface area contributed by atoms with Crippen LogP contribution in [-0.2, 0) is 20.9 Å². The highest BCUT2D eigenvalue weighted by molar-refractivity contribution is 6.30. The van der Waals surface area contributed by atoms with Gasteiger partial charge >= 0.3 is 0 Å². The summed E-state index contributed by atoms with van der Waals surface area (Å²) < 4.78 is 18.8. The van der Waals surface area contributed by atoms with Gasteiger partial charge in [-0.15, -0.1) is 0 Å². The van der Waals surface area contributed by atoms with Gasteiger partial charge in [-0.25, -0.2) is 4.39 Å². The SMILES string of the molecule is O=C1COc2cc(N3CC[C@](O)(C(=O)NCc4cc(F)cc(Cl)c4)C3=O)ccc2N1. The van der Waals surface area contributed by atoms with Crippen LogP contribution in [0.2, 0.25) is 5.02 Å². The number of benzene rings is 2. The summed E-state index contributed by atoms with van der Waals surface area (Å²) in [7, 11) is 0. The van der Waals surface area contributed by atoms with Gasteiger partial charge in [0.2, 0.25) is 5.60 Å².